The Kier molecular flexibility index (Phi) is 6.95. The highest BCUT2D eigenvalue weighted by Gasteiger charge is 2.18. The van der Waals surface area contributed by atoms with Crippen LogP contribution in [0, 0.1) is 10.1 Å². The fraction of sp³-hybridized carbons (Fsp3) is 0.130. The van der Waals surface area contributed by atoms with E-state index < -0.39 is 10.8 Å². The molecule has 0 aliphatic carbocycles. The minimum absolute atomic E-state index is 0.0899. The topological polar surface area (TPSA) is 113 Å². The fourth-order valence-corrected chi connectivity index (χ4v) is 3.01. The zero-order valence-electron chi connectivity index (χ0n) is 16.9. The zero-order valence-corrected chi connectivity index (χ0v) is 16.9. The van der Waals surface area contributed by atoms with Gasteiger partial charge in [0.25, 0.3) is 11.6 Å². The van der Waals surface area contributed by atoms with Gasteiger partial charge in [-0.15, -0.1) is 0 Å². The van der Waals surface area contributed by atoms with Crippen LogP contribution >= 0.6 is 0 Å². The summed E-state index contributed by atoms with van der Waals surface area (Å²) < 4.78 is 0. The molecular formula is C23H22N4O4. The standard InChI is InChI=1S/C23H22N4O4/c1-2-16-8-6-7-11-19(16)26-22(28)15-24-23(29)17-12-13-20(21(14-17)27(30)31)25-18-9-4-3-5-10-18/h3-14,25H,2,15H2,1H3,(H,24,29)(H,26,28). The minimum atomic E-state index is -0.576. The lowest BCUT2D eigenvalue weighted by atomic mass is 10.1. The number of hydrogen-bond acceptors (Lipinski definition) is 5. The van der Waals surface area contributed by atoms with Crippen LogP contribution < -0.4 is 16.0 Å². The van der Waals surface area contributed by atoms with E-state index in [0.29, 0.717) is 11.4 Å². The molecule has 3 N–H and O–H groups in total. The highest BCUT2D eigenvalue weighted by atomic mass is 16.6. The molecule has 0 heterocycles. The quantitative estimate of drug-likeness (QED) is 0.373. The van der Waals surface area contributed by atoms with Crippen LogP contribution in [0.5, 0.6) is 0 Å². The highest BCUT2D eigenvalue weighted by molar-refractivity contribution is 6.00. The molecule has 0 radical (unpaired) electrons. The number of carbonyl (C=O) groups excluding carboxylic acids is 2. The first-order chi connectivity index (χ1) is 15.0. The number of rotatable bonds is 8. The summed E-state index contributed by atoms with van der Waals surface area (Å²) in [6.07, 6.45) is 0.760. The molecule has 8 heteroatoms. The lowest BCUT2D eigenvalue weighted by molar-refractivity contribution is -0.383. The van der Waals surface area contributed by atoms with Crippen molar-refractivity contribution in [1.29, 1.82) is 0 Å². The second-order valence-electron chi connectivity index (χ2n) is 6.72. The molecule has 0 saturated carbocycles. The molecule has 31 heavy (non-hydrogen) atoms. The van der Waals surface area contributed by atoms with Gasteiger partial charge in [0.1, 0.15) is 5.69 Å². The number of carbonyl (C=O) groups is 2. The first-order valence-electron chi connectivity index (χ1n) is 9.74. The number of para-hydroxylation sites is 2. The van der Waals surface area contributed by atoms with E-state index in [0.717, 1.165) is 12.0 Å². The van der Waals surface area contributed by atoms with Gasteiger partial charge in [-0.1, -0.05) is 43.3 Å². The number of amides is 2. The van der Waals surface area contributed by atoms with Crippen molar-refractivity contribution in [2.75, 3.05) is 17.2 Å². The van der Waals surface area contributed by atoms with Crippen molar-refractivity contribution in [2.45, 2.75) is 13.3 Å². The van der Waals surface area contributed by atoms with Crippen molar-refractivity contribution in [1.82, 2.24) is 5.32 Å². The lowest BCUT2D eigenvalue weighted by Crippen LogP contribution is -2.33. The van der Waals surface area contributed by atoms with Gasteiger partial charge in [-0.2, -0.15) is 0 Å². The maximum Gasteiger partial charge on any atom is 0.293 e. The Labute approximate surface area is 179 Å². The summed E-state index contributed by atoms with van der Waals surface area (Å²) in [5, 5.41) is 19.7. The summed E-state index contributed by atoms with van der Waals surface area (Å²) in [5.74, 6) is -0.959. The number of nitrogens with one attached hydrogen (secondary N) is 3. The minimum Gasteiger partial charge on any atom is -0.350 e. The summed E-state index contributed by atoms with van der Waals surface area (Å²) in [6.45, 7) is 1.73. The third-order valence-corrected chi connectivity index (χ3v) is 4.59. The van der Waals surface area contributed by atoms with E-state index in [1.807, 2.05) is 31.2 Å². The van der Waals surface area contributed by atoms with E-state index >= 15 is 0 Å². The third kappa shape index (κ3) is 5.66. The normalized spacial score (nSPS) is 10.2. The van der Waals surface area contributed by atoms with Gasteiger partial charge in [-0.3, -0.25) is 19.7 Å². The highest BCUT2D eigenvalue weighted by Crippen LogP contribution is 2.28. The van der Waals surface area contributed by atoms with Gasteiger partial charge >= 0.3 is 0 Å². The van der Waals surface area contributed by atoms with Crippen LogP contribution in [0.4, 0.5) is 22.7 Å². The van der Waals surface area contributed by atoms with Crippen LogP contribution in [0.1, 0.15) is 22.8 Å². The van der Waals surface area contributed by atoms with Gasteiger partial charge in [-0.25, -0.2) is 0 Å². The van der Waals surface area contributed by atoms with Gasteiger partial charge in [0, 0.05) is 23.0 Å². The number of aryl methyl sites for hydroxylation is 1. The number of nitro groups is 1. The molecule has 3 aromatic carbocycles. The van der Waals surface area contributed by atoms with Gasteiger partial charge in [-0.05, 0) is 42.3 Å². The summed E-state index contributed by atoms with van der Waals surface area (Å²) >= 11 is 0. The molecule has 0 aromatic heterocycles. The average molecular weight is 418 g/mol. The van der Waals surface area contributed by atoms with E-state index in [-0.39, 0.29) is 29.4 Å². The monoisotopic (exact) mass is 418 g/mol. The molecule has 2 amide bonds. The Morgan fingerprint density at radius 2 is 1.65 bits per heavy atom. The molecule has 8 nitrogen and oxygen atoms in total. The maximum absolute atomic E-state index is 12.4. The second-order valence-corrected chi connectivity index (χ2v) is 6.72. The number of anilines is 3. The molecule has 0 atom stereocenters. The van der Waals surface area contributed by atoms with Crippen LogP contribution in [0.25, 0.3) is 0 Å². The van der Waals surface area contributed by atoms with Gasteiger partial charge in [0.15, 0.2) is 0 Å². The Morgan fingerprint density at radius 1 is 0.935 bits per heavy atom. The molecule has 158 valence electrons. The van der Waals surface area contributed by atoms with Crippen LogP contribution in [-0.4, -0.2) is 23.3 Å². The Hall–Kier alpha value is -4.20. The summed E-state index contributed by atoms with van der Waals surface area (Å²) in [4.78, 5) is 35.6. The molecule has 0 saturated heterocycles. The van der Waals surface area contributed by atoms with E-state index in [9.17, 15) is 19.7 Å². The van der Waals surface area contributed by atoms with Crippen molar-refractivity contribution < 1.29 is 14.5 Å². The van der Waals surface area contributed by atoms with Crippen molar-refractivity contribution in [3.8, 4) is 0 Å². The van der Waals surface area contributed by atoms with Crippen molar-refractivity contribution in [3.63, 3.8) is 0 Å². The molecule has 3 rings (SSSR count). The molecule has 0 fully saturated rings. The Balaban J connectivity index is 1.66. The lowest BCUT2D eigenvalue weighted by Gasteiger charge is -2.11. The number of hydrogen-bond donors (Lipinski definition) is 3. The molecule has 0 unspecified atom stereocenters. The van der Waals surface area contributed by atoms with E-state index in [1.165, 1.54) is 18.2 Å². The maximum atomic E-state index is 12.4. The SMILES string of the molecule is CCc1ccccc1NC(=O)CNC(=O)c1ccc(Nc2ccccc2)c([N+](=O)[O-])c1. The third-order valence-electron chi connectivity index (χ3n) is 4.59. The second kappa shape index (κ2) is 10.0. The van der Waals surface area contributed by atoms with Gasteiger partial charge < -0.3 is 16.0 Å². The van der Waals surface area contributed by atoms with Crippen molar-refractivity contribution >= 4 is 34.6 Å². The molecule has 0 spiro atoms. The smallest absolute Gasteiger partial charge is 0.293 e. The van der Waals surface area contributed by atoms with Crippen molar-refractivity contribution in [3.05, 3.63) is 94.0 Å². The molecule has 3 aromatic rings. The Morgan fingerprint density at radius 3 is 2.35 bits per heavy atom. The first kappa shape index (κ1) is 21.5. The fourth-order valence-electron chi connectivity index (χ4n) is 3.01. The zero-order chi connectivity index (χ0) is 22.2. The predicted molar refractivity (Wildman–Crippen MR) is 120 cm³/mol. The number of nitrogens with zero attached hydrogens (tertiary/aromatic N) is 1. The Bertz CT molecular complexity index is 1100. The van der Waals surface area contributed by atoms with Gasteiger partial charge in [0.05, 0.1) is 11.5 Å². The summed E-state index contributed by atoms with van der Waals surface area (Å²) in [6, 6.07) is 20.5. The number of nitro benzene ring substituents is 1. The average Bonchev–Trinajstić information content (AvgIpc) is 2.78. The molecule has 0 aliphatic rings. The van der Waals surface area contributed by atoms with E-state index in [4.69, 9.17) is 0 Å². The predicted octanol–water partition coefficient (Wildman–Crippen LogP) is 4.27. The van der Waals surface area contributed by atoms with Crippen LogP contribution in [0.3, 0.4) is 0 Å². The summed E-state index contributed by atoms with van der Waals surface area (Å²) in [5.41, 5.74) is 2.48. The number of benzene rings is 3. The summed E-state index contributed by atoms with van der Waals surface area (Å²) in [7, 11) is 0. The first-order valence-corrected chi connectivity index (χ1v) is 9.74. The largest absolute Gasteiger partial charge is 0.350 e. The van der Waals surface area contributed by atoms with E-state index in [2.05, 4.69) is 16.0 Å². The molecule has 0 aliphatic heterocycles. The van der Waals surface area contributed by atoms with Crippen molar-refractivity contribution in [2.24, 2.45) is 0 Å². The van der Waals surface area contributed by atoms with E-state index in [1.54, 1.807) is 30.3 Å². The molecule has 0 bridgehead atoms. The van der Waals surface area contributed by atoms with Crippen LogP contribution in [-0.2, 0) is 11.2 Å². The van der Waals surface area contributed by atoms with Crippen LogP contribution in [0.2, 0.25) is 0 Å². The molecular weight excluding hydrogens is 396 g/mol. The van der Waals surface area contributed by atoms with Crippen LogP contribution in [0.15, 0.2) is 72.8 Å². The van der Waals surface area contributed by atoms with Gasteiger partial charge in [0.2, 0.25) is 5.91 Å².